The quantitative estimate of drug-likeness (QED) is 0.495. The van der Waals surface area contributed by atoms with Crippen LogP contribution in [-0.4, -0.2) is 11.2 Å². The summed E-state index contributed by atoms with van der Waals surface area (Å²) in [7, 11) is 0. The van der Waals surface area contributed by atoms with Crippen LogP contribution in [0.15, 0.2) is 60.8 Å². The lowest BCUT2D eigenvalue weighted by Crippen LogP contribution is -2.34. The number of aromatic nitrogens is 1. The Bertz CT molecular complexity index is 1150. The Morgan fingerprint density at radius 1 is 0.964 bits per heavy atom. The van der Waals surface area contributed by atoms with Crippen molar-refractivity contribution in [2.45, 2.75) is 19.0 Å². The number of halogens is 5. The van der Waals surface area contributed by atoms with Crippen LogP contribution in [0.5, 0.6) is 0 Å². The fourth-order valence-electron chi connectivity index (χ4n) is 2.68. The molecule has 1 heterocycles. The maximum absolute atomic E-state index is 14.2. The van der Waals surface area contributed by atoms with Crippen LogP contribution in [0.2, 0.25) is 0 Å². The molecular formula is C21H13F5N2. The van der Waals surface area contributed by atoms with E-state index in [0.29, 0.717) is 23.4 Å². The molecule has 1 aromatic heterocycles. The average molecular weight is 391 g/mol. The maximum Gasteiger partial charge on any atom is 0.458 e. The second-order valence-electron chi connectivity index (χ2n) is 5.93. The number of nitriles is 1. The van der Waals surface area contributed by atoms with Crippen molar-refractivity contribution in [1.82, 2.24) is 4.98 Å². The Hall–Kier alpha value is -3.27. The summed E-state index contributed by atoms with van der Waals surface area (Å²) in [6.45, 7) is -3.23. The van der Waals surface area contributed by atoms with Crippen LogP contribution in [-0.2, 0) is 5.92 Å². The van der Waals surface area contributed by atoms with Crippen LogP contribution in [0.1, 0.15) is 20.8 Å². The van der Waals surface area contributed by atoms with E-state index < -0.39 is 30.1 Å². The Kier molecular flexibility index (Phi) is 3.96. The van der Waals surface area contributed by atoms with Crippen molar-refractivity contribution in [1.29, 1.82) is 5.26 Å². The molecule has 0 fully saturated rings. The van der Waals surface area contributed by atoms with Gasteiger partial charge in [-0.15, -0.1) is 0 Å². The molecule has 0 atom stereocenters. The molecule has 3 rings (SSSR count). The molecule has 0 unspecified atom stereocenters. The zero-order valence-corrected chi connectivity index (χ0v) is 14.1. The van der Waals surface area contributed by atoms with Gasteiger partial charge in [-0.3, -0.25) is 4.98 Å². The van der Waals surface area contributed by atoms with Crippen LogP contribution in [0.25, 0.3) is 22.4 Å². The molecule has 0 radical (unpaired) electrons. The third-order valence-electron chi connectivity index (χ3n) is 4.12. The molecule has 142 valence electrons. The first-order valence-corrected chi connectivity index (χ1v) is 7.92. The number of hydrogen-bond donors (Lipinski definition) is 0. The van der Waals surface area contributed by atoms with E-state index in [4.69, 9.17) is 4.11 Å². The summed E-state index contributed by atoms with van der Waals surface area (Å²) in [5.74, 6) is -5.40. The normalized spacial score (nSPS) is 13.9. The van der Waals surface area contributed by atoms with Gasteiger partial charge in [0.25, 0.3) is 0 Å². The minimum absolute atomic E-state index is 0.147. The van der Waals surface area contributed by atoms with Crippen molar-refractivity contribution in [3.8, 4) is 28.5 Å². The second-order valence-corrected chi connectivity index (χ2v) is 5.93. The van der Waals surface area contributed by atoms with Gasteiger partial charge in [-0.05, 0) is 36.2 Å². The molecule has 3 aromatic rings. The summed E-state index contributed by atoms with van der Waals surface area (Å²) >= 11 is 0. The minimum Gasteiger partial charge on any atom is -0.256 e. The smallest absolute Gasteiger partial charge is 0.256 e. The largest absolute Gasteiger partial charge is 0.458 e. The van der Waals surface area contributed by atoms with E-state index in [-0.39, 0.29) is 16.8 Å². The zero-order chi connectivity index (χ0) is 23.0. The van der Waals surface area contributed by atoms with Gasteiger partial charge in [-0.1, -0.05) is 36.4 Å². The molecule has 0 spiro atoms. The number of aryl methyl sites for hydroxylation is 1. The molecule has 0 N–H and O–H groups in total. The van der Waals surface area contributed by atoms with Gasteiger partial charge in [0.05, 0.1) is 17.3 Å². The minimum atomic E-state index is -5.99. The summed E-state index contributed by atoms with van der Waals surface area (Å²) in [5, 5.41) is 9.36. The van der Waals surface area contributed by atoms with Gasteiger partial charge in [-0.25, -0.2) is 0 Å². The molecule has 2 aromatic carbocycles. The van der Waals surface area contributed by atoms with Crippen molar-refractivity contribution in [3.63, 3.8) is 0 Å². The maximum atomic E-state index is 14.2. The van der Waals surface area contributed by atoms with Gasteiger partial charge < -0.3 is 0 Å². The van der Waals surface area contributed by atoms with Gasteiger partial charge in [0, 0.05) is 27.0 Å². The van der Waals surface area contributed by atoms with Gasteiger partial charge in [-0.2, -0.15) is 27.2 Å². The first-order chi connectivity index (χ1) is 14.4. The fraction of sp³-hybridized carbons (Fsp3) is 0.143. The standard InChI is InChI=1S/C21H13F5N2/c1-13-12-28-19(10-18(13)20(22,23)21(24,25)26)15-7-8-16(11-27)17(9-15)14-5-3-2-4-6-14/h2-10,12H,1H3/i1D3. The molecule has 0 saturated carbocycles. The highest BCUT2D eigenvalue weighted by Gasteiger charge is 2.59. The van der Waals surface area contributed by atoms with Gasteiger partial charge >= 0.3 is 12.1 Å². The van der Waals surface area contributed by atoms with E-state index in [2.05, 4.69) is 4.98 Å². The second kappa shape index (κ2) is 7.04. The van der Waals surface area contributed by atoms with E-state index in [1.165, 1.54) is 18.2 Å². The van der Waals surface area contributed by atoms with Crippen LogP contribution in [0, 0.1) is 18.2 Å². The van der Waals surface area contributed by atoms with E-state index in [0.717, 1.165) is 0 Å². The lowest BCUT2D eigenvalue weighted by Gasteiger charge is -2.22. The van der Waals surface area contributed by atoms with Crippen LogP contribution >= 0.6 is 0 Å². The summed E-state index contributed by atoms with van der Waals surface area (Å²) in [5.41, 5.74) is -1.70. The highest BCUT2D eigenvalue weighted by atomic mass is 19.4. The molecular weight excluding hydrogens is 375 g/mol. The first kappa shape index (κ1) is 15.8. The third kappa shape index (κ3) is 3.46. The number of benzene rings is 2. The van der Waals surface area contributed by atoms with Crippen molar-refractivity contribution >= 4 is 0 Å². The van der Waals surface area contributed by atoms with Gasteiger partial charge in [0.1, 0.15) is 0 Å². The first-order valence-electron chi connectivity index (χ1n) is 9.42. The highest BCUT2D eigenvalue weighted by Crippen LogP contribution is 2.45. The SMILES string of the molecule is [2H]C([2H])([2H])c1cnc(-c2ccc(C#N)c(-c3ccccc3)c2)cc1C(F)(F)C(F)(F)F. The molecule has 0 amide bonds. The highest BCUT2D eigenvalue weighted by molar-refractivity contribution is 5.76. The summed E-state index contributed by atoms with van der Waals surface area (Å²) < 4.78 is 89.4. The van der Waals surface area contributed by atoms with Crippen LogP contribution in [0.3, 0.4) is 0 Å². The predicted molar refractivity (Wildman–Crippen MR) is 94.5 cm³/mol. The Balaban J connectivity index is 2.23. The number of rotatable bonds is 3. The molecule has 7 heteroatoms. The molecule has 0 bridgehead atoms. The number of pyridine rings is 1. The van der Waals surface area contributed by atoms with Crippen molar-refractivity contribution in [2.75, 3.05) is 0 Å². The molecule has 0 saturated heterocycles. The predicted octanol–water partition coefficient (Wildman–Crippen LogP) is 6.25. The Labute approximate surface area is 162 Å². The van der Waals surface area contributed by atoms with Crippen LogP contribution in [0.4, 0.5) is 22.0 Å². The molecule has 28 heavy (non-hydrogen) atoms. The molecule has 0 aliphatic heterocycles. The Morgan fingerprint density at radius 3 is 2.29 bits per heavy atom. The topological polar surface area (TPSA) is 36.7 Å². The molecule has 0 aliphatic rings. The summed E-state index contributed by atoms with van der Waals surface area (Å²) in [6, 6.07) is 15.2. The Morgan fingerprint density at radius 2 is 1.68 bits per heavy atom. The van der Waals surface area contributed by atoms with E-state index in [1.807, 2.05) is 6.07 Å². The molecule has 0 aliphatic carbocycles. The van der Waals surface area contributed by atoms with Gasteiger partial charge in [0.2, 0.25) is 0 Å². The fourth-order valence-corrected chi connectivity index (χ4v) is 2.68. The van der Waals surface area contributed by atoms with E-state index in [9.17, 15) is 27.2 Å². The summed E-state index contributed by atoms with van der Waals surface area (Å²) in [6.07, 6.45) is -5.48. The summed E-state index contributed by atoms with van der Waals surface area (Å²) in [4.78, 5) is 3.82. The van der Waals surface area contributed by atoms with Crippen LogP contribution < -0.4 is 0 Å². The monoisotopic (exact) mass is 391 g/mol. The number of alkyl halides is 5. The molecule has 2 nitrogen and oxygen atoms in total. The third-order valence-corrected chi connectivity index (χ3v) is 4.12. The van der Waals surface area contributed by atoms with Crippen molar-refractivity contribution in [3.05, 3.63) is 77.5 Å². The van der Waals surface area contributed by atoms with E-state index in [1.54, 1.807) is 30.3 Å². The number of nitrogens with zero attached hydrogens (tertiary/aromatic N) is 2. The van der Waals surface area contributed by atoms with Crippen molar-refractivity contribution < 1.29 is 26.1 Å². The number of hydrogen-bond acceptors (Lipinski definition) is 2. The zero-order valence-electron chi connectivity index (χ0n) is 17.1. The lowest BCUT2D eigenvalue weighted by molar-refractivity contribution is -0.289. The van der Waals surface area contributed by atoms with Gasteiger partial charge in [0.15, 0.2) is 0 Å². The lowest BCUT2D eigenvalue weighted by atomic mass is 9.95. The van der Waals surface area contributed by atoms with Crippen molar-refractivity contribution in [2.24, 2.45) is 0 Å². The van der Waals surface area contributed by atoms with E-state index >= 15 is 0 Å². The average Bonchev–Trinajstić information content (AvgIpc) is 2.72.